The first-order valence-electron chi connectivity index (χ1n) is 34.8. The lowest BCUT2D eigenvalue weighted by molar-refractivity contribution is -0.123. The maximum Gasteiger partial charge on any atom is 0.220 e. The Morgan fingerprint density at radius 2 is 0.542 bits per heavy atom. The summed E-state index contributed by atoms with van der Waals surface area (Å²) in [6.45, 7) is 4.19. The third-order valence-electron chi connectivity index (χ3n) is 14.9. The number of carbonyl (C=O) groups excluding carboxylic acids is 1. The van der Waals surface area contributed by atoms with Crippen LogP contribution in [0.1, 0.15) is 303 Å². The van der Waals surface area contributed by atoms with Crippen molar-refractivity contribution in [2.75, 3.05) is 6.61 Å². The lowest BCUT2D eigenvalue weighted by Crippen LogP contribution is -2.45. The van der Waals surface area contributed by atoms with Crippen LogP contribution in [0.4, 0.5) is 0 Å². The maximum atomic E-state index is 12.5. The van der Waals surface area contributed by atoms with Gasteiger partial charge in [0.2, 0.25) is 5.91 Å². The van der Waals surface area contributed by atoms with E-state index < -0.39 is 12.1 Å². The van der Waals surface area contributed by atoms with E-state index in [1.807, 2.05) is 6.08 Å². The molecule has 470 valence electrons. The summed E-state index contributed by atoms with van der Waals surface area (Å²) in [5, 5.41) is 23.2. The van der Waals surface area contributed by atoms with E-state index in [0.29, 0.717) is 6.42 Å². The molecule has 0 radical (unpaired) electrons. The van der Waals surface area contributed by atoms with Gasteiger partial charge in [0.1, 0.15) is 0 Å². The average Bonchev–Trinajstić information content (AvgIpc) is 3.51. The molecule has 0 aliphatic rings. The molecule has 0 saturated carbocycles. The molecule has 0 saturated heterocycles. The first-order chi connectivity index (χ1) is 41.2. The molecule has 0 aromatic heterocycles. The minimum Gasteiger partial charge on any atom is -0.394 e. The van der Waals surface area contributed by atoms with Crippen LogP contribution >= 0.6 is 0 Å². The molecule has 2 atom stereocenters. The van der Waals surface area contributed by atoms with Crippen molar-refractivity contribution in [3.63, 3.8) is 0 Å². The summed E-state index contributed by atoms with van der Waals surface area (Å²) < 4.78 is 0. The lowest BCUT2D eigenvalue weighted by Gasteiger charge is -2.19. The fourth-order valence-corrected chi connectivity index (χ4v) is 9.71. The molecule has 4 heteroatoms. The Bertz CT molecular complexity index is 1780. The van der Waals surface area contributed by atoms with E-state index in [4.69, 9.17) is 0 Å². The van der Waals surface area contributed by atoms with Gasteiger partial charge in [0.15, 0.2) is 0 Å². The Labute approximate surface area is 515 Å². The van der Waals surface area contributed by atoms with Gasteiger partial charge in [0, 0.05) is 6.42 Å². The Balaban J connectivity index is 3.67. The van der Waals surface area contributed by atoms with Crippen LogP contribution in [0.5, 0.6) is 0 Å². The van der Waals surface area contributed by atoms with Gasteiger partial charge < -0.3 is 15.5 Å². The summed E-state index contributed by atoms with van der Waals surface area (Å²) in [7, 11) is 0. The summed E-state index contributed by atoms with van der Waals surface area (Å²) in [6, 6.07) is -0.668. The van der Waals surface area contributed by atoms with Crippen LogP contribution in [0.2, 0.25) is 0 Å². The van der Waals surface area contributed by atoms with Crippen molar-refractivity contribution in [1.29, 1.82) is 0 Å². The molecule has 0 spiro atoms. The molecular formula is C79H131NO3. The number of rotatable bonds is 62. The van der Waals surface area contributed by atoms with Crippen molar-refractivity contribution < 1.29 is 15.0 Å². The SMILES string of the molecule is CC/C=C\C/C=C\C/C=C\C/C=C\C/C=C\C/C=C\C/C=C\C/C=C\C/C=C\C/C=C\C/C=C\C/C=C\CCCCCCC(=O)NC(CO)C(O)/C=C/CC/C=C/CCCCCCCCCCCCCCCCCCCCCCCCCC. The van der Waals surface area contributed by atoms with E-state index in [1.165, 1.54) is 154 Å². The average molecular weight is 1140 g/mol. The standard InChI is InChI=1S/C79H131NO3/c1-3-5-7-9-11-13-15-17-19-21-23-25-27-29-31-33-35-36-37-38-39-40-41-42-43-44-45-47-49-51-53-55-57-59-61-63-65-67-69-71-73-75-79(83)80-77(76-81)78(82)74-72-70-68-66-64-62-60-58-56-54-52-50-48-46-34-32-30-28-26-24-22-20-18-16-14-12-10-8-6-4-2/h5,7,11,13,17,19,23,25,29,31,35-36,38-39,41-42,44-45,49,51,55,57,61,63-64,66,72,74,77-78,81-82H,3-4,6,8-10,12,14-16,18,20-22,24,26-28,30,32-34,37,40,43,46-48,50,52-54,56,58-60,62,65,67-71,73,75-76H2,1-2H3,(H,80,83)/b7-5-,13-11-,19-17-,25-23-,31-29-,36-35-,39-38-,42-41-,45-44-,51-49-,57-55-,63-61-,66-64+,74-72+. The zero-order valence-corrected chi connectivity index (χ0v) is 54.2. The quantitative estimate of drug-likeness (QED) is 0.0420. The summed E-state index contributed by atoms with van der Waals surface area (Å²) in [5.74, 6) is -0.102. The Morgan fingerprint density at radius 1 is 0.301 bits per heavy atom. The predicted octanol–water partition coefficient (Wildman–Crippen LogP) is 24.2. The zero-order valence-electron chi connectivity index (χ0n) is 54.2. The smallest absolute Gasteiger partial charge is 0.220 e. The van der Waals surface area contributed by atoms with E-state index in [1.54, 1.807) is 6.08 Å². The molecule has 0 heterocycles. The molecule has 0 aliphatic carbocycles. The second kappa shape index (κ2) is 72.0. The normalized spacial score (nSPS) is 13.8. The van der Waals surface area contributed by atoms with Gasteiger partial charge in [-0.2, -0.15) is 0 Å². The van der Waals surface area contributed by atoms with E-state index >= 15 is 0 Å². The minimum absolute atomic E-state index is 0.102. The second-order valence-corrected chi connectivity index (χ2v) is 22.9. The molecule has 0 rings (SSSR count). The molecule has 4 nitrogen and oxygen atoms in total. The number of aliphatic hydroxyl groups excluding tert-OH is 2. The highest BCUT2D eigenvalue weighted by Crippen LogP contribution is 2.17. The largest absolute Gasteiger partial charge is 0.394 e. The van der Waals surface area contributed by atoms with Gasteiger partial charge in [0.25, 0.3) is 0 Å². The minimum atomic E-state index is -0.888. The van der Waals surface area contributed by atoms with E-state index in [0.717, 1.165) is 128 Å². The van der Waals surface area contributed by atoms with Crippen LogP contribution in [0.25, 0.3) is 0 Å². The number of amides is 1. The van der Waals surface area contributed by atoms with Gasteiger partial charge in [-0.05, 0) is 122 Å². The number of nitrogens with one attached hydrogen (secondary N) is 1. The van der Waals surface area contributed by atoms with Gasteiger partial charge in [-0.1, -0.05) is 344 Å². The highest BCUT2D eigenvalue weighted by Gasteiger charge is 2.18. The Morgan fingerprint density at radius 3 is 0.843 bits per heavy atom. The third-order valence-corrected chi connectivity index (χ3v) is 14.9. The summed E-state index contributed by atoms with van der Waals surface area (Å²) in [4.78, 5) is 12.5. The number of hydrogen-bond donors (Lipinski definition) is 3. The molecule has 0 fully saturated rings. The van der Waals surface area contributed by atoms with Crippen LogP contribution in [0.15, 0.2) is 170 Å². The van der Waals surface area contributed by atoms with Crippen molar-refractivity contribution >= 4 is 5.91 Å². The molecule has 83 heavy (non-hydrogen) atoms. The Hall–Kier alpha value is -4.25. The predicted molar refractivity (Wildman–Crippen MR) is 372 cm³/mol. The molecule has 0 bridgehead atoms. The molecule has 0 aromatic carbocycles. The molecule has 1 amide bonds. The van der Waals surface area contributed by atoms with Gasteiger partial charge in [0.05, 0.1) is 18.8 Å². The van der Waals surface area contributed by atoms with Crippen molar-refractivity contribution in [1.82, 2.24) is 5.32 Å². The number of allylic oxidation sites excluding steroid dienone is 27. The van der Waals surface area contributed by atoms with Crippen LogP contribution in [-0.4, -0.2) is 34.9 Å². The topological polar surface area (TPSA) is 69.6 Å². The summed E-state index contributed by atoms with van der Waals surface area (Å²) >= 11 is 0. The van der Waals surface area contributed by atoms with Crippen molar-refractivity contribution in [2.24, 2.45) is 0 Å². The first-order valence-corrected chi connectivity index (χ1v) is 34.8. The molecule has 2 unspecified atom stereocenters. The number of carbonyl (C=O) groups is 1. The zero-order chi connectivity index (χ0) is 59.8. The van der Waals surface area contributed by atoms with Crippen LogP contribution < -0.4 is 5.32 Å². The molecule has 0 aromatic rings. The number of hydrogen-bond acceptors (Lipinski definition) is 3. The van der Waals surface area contributed by atoms with E-state index in [9.17, 15) is 15.0 Å². The van der Waals surface area contributed by atoms with Gasteiger partial charge in [-0.3, -0.25) is 4.79 Å². The number of unbranched alkanes of at least 4 members (excludes halogenated alkanes) is 29. The summed E-state index contributed by atoms with van der Waals surface area (Å²) in [6.07, 6.45) is 116. The summed E-state index contributed by atoms with van der Waals surface area (Å²) in [5.41, 5.74) is 0. The van der Waals surface area contributed by atoms with Gasteiger partial charge >= 0.3 is 0 Å². The fraction of sp³-hybridized carbons (Fsp3) is 0.633. The van der Waals surface area contributed by atoms with Gasteiger partial charge in [-0.15, -0.1) is 0 Å². The van der Waals surface area contributed by atoms with Crippen molar-refractivity contribution in [2.45, 2.75) is 315 Å². The van der Waals surface area contributed by atoms with Crippen molar-refractivity contribution in [3.8, 4) is 0 Å². The van der Waals surface area contributed by atoms with Crippen molar-refractivity contribution in [3.05, 3.63) is 170 Å². The van der Waals surface area contributed by atoms with Crippen LogP contribution in [0, 0.1) is 0 Å². The third kappa shape index (κ3) is 68.4. The van der Waals surface area contributed by atoms with Gasteiger partial charge in [-0.25, -0.2) is 0 Å². The van der Waals surface area contributed by atoms with E-state index in [-0.39, 0.29) is 12.5 Å². The first kappa shape index (κ1) is 78.8. The van der Waals surface area contributed by atoms with Crippen LogP contribution in [0.3, 0.4) is 0 Å². The number of aliphatic hydroxyl groups is 2. The maximum absolute atomic E-state index is 12.5. The van der Waals surface area contributed by atoms with E-state index in [2.05, 4.69) is 177 Å². The van der Waals surface area contributed by atoms with Crippen LogP contribution in [-0.2, 0) is 4.79 Å². The fourth-order valence-electron chi connectivity index (χ4n) is 9.71. The molecule has 3 N–H and O–H groups in total. The monoisotopic (exact) mass is 1140 g/mol. The highest BCUT2D eigenvalue weighted by molar-refractivity contribution is 5.76. The molecule has 0 aliphatic heterocycles. The molecular weight excluding hydrogens is 1010 g/mol. The second-order valence-electron chi connectivity index (χ2n) is 22.9. The Kier molecular flexibility index (Phi) is 68.3. The highest BCUT2D eigenvalue weighted by atomic mass is 16.3. The lowest BCUT2D eigenvalue weighted by atomic mass is 10.0.